The lowest BCUT2D eigenvalue weighted by Gasteiger charge is -2.52. The minimum atomic E-state index is -3.81. The van der Waals surface area contributed by atoms with Crippen LogP contribution in [0.15, 0.2) is 42.5 Å². The van der Waals surface area contributed by atoms with E-state index in [4.69, 9.17) is 43.0 Å². The SMILES string of the molecule is [B]C1C([B])([B])C(=O)NC(=O)[C@]1([B])N1Cc2cc(CNC(=O)C(F)(F)c3ccc(Cl)cc3)ccc2C1=O. The number of fused-ring (bicyclic) bond motifs is 1. The van der Waals surface area contributed by atoms with Gasteiger partial charge in [0, 0.05) is 29.2 Å². The molecule has 2 aromatic carbocycles. The smallest absolute Gasteiger partial charge is 0.346 e. The van der Waals surface area contributed by atoms with Gasteiger partial charge in [0.25, 0.3) is 11.8 Å². The lowest BCUT2D eigenvalue weighted by atomic mass is 9.35. The van der Waals surface area contributed by atoms with Crippen LogP contribution in [0.1, 0.15) is 27.0 Å². The fourth-order valence-corrected chi connectivity index (χ4v) is 4.24. The molecular formula is C22H14B4ClF2N3O4. The second kappa shape index (κ2) is 8.80. The molecule has 14 heteroatoms. The summed E-state index contributed by atoms with van der Waals surface area (Å²) in [5, 5.41) is 2.12. The van der Waals surface area contributed by atoms with Crippen LogP contribution in [0.25, 0.3) is 0 Å². The van der Waals surface area contributed by atoms with E-state index in [1.54, 1.807) is 0 Å². The van der Waals surface area contributed by atoms with Crippen LogP contribution in [0.2, 0.25) is 16.1 Å². The van der Waals surface area contributed by atoms with E-state index >= 15 is 0 Å². The standard InChI is InChI=1S/C22H14B4ClF2N3O4/c23-16-20(24,25)17(34)31-18(35)21(16,26)32-9-11-7-10(1-6-14(11)15(32)33)8-30-19(36)22(28,29)12-2-4-13(27)5-3-12/h1-7,16H,8-9H2,(H,30,36)(H,31,34,35)/t16?,21-/m1/s1. The van der Waals surface area contributed by atoms with Crippen molar-refractivity contribution in [3.05, 3.63) is 69.7 Å². The van der Waals surface area contributed by atoms with E-state index in [2.05, 4.69) is 5.32 Å². The van der Waals surface area contributed by atoms with Crippen molar-refractivity contribution in [2.75, 3.05) is 0 Å². The normalized spacial score (nSPS) is 23.2. The van der Waals surface area contributed by atoms with Gasteiger partial charge >= 0.3 is 5.92 Å². The zero-order chi connectivity index (χ0) is 26.6. The number of hydrogen-bond donors (Lipinski definition) is 2. The van der Waals surface area contributed by atoms with Crippen molar-refractivity contribution in [2.45, 2.75) is 35.5 Å². The molecule has 1 saturated heterocycles. The van der Waals surface area contributed by atoms with Crippen molar-refractivity contribution >= 4 is 66.6 Å². The minimum Gasteiger partial charge on any atom is -0.346 e. The van der Waals surface area contributed by atoms with Crippen LogP contribution < -0.4 is 10.6 Å². The van der Waals surface area contributed by atoms with Gasteiger partial charge in [0.05, 0.1) is 29.0 Å². The van der Waals surface area contributed by atoms with E-state index in [1.165, 1.54) is 30.3 Å². The topological polar surface area (TPSA) is 95.6 Å². The molecule has 0 saturated carbocycles. The van der Waals surface area contributed by atoms with Crippen molar-refractivity contribution in [1.29, 1.82) is 0 Å². The van der Waals surface area contributed by atoms with Gasteiger partial charge in [0.15, 0.2) is 0 Å². The second-order valence-corrected chi connectivity index (χ2v) is 9.10. The number of nitrogens with one attached hydrogen (secondary N) is 2. The predicted molar refractivity (Wildman–Crippen MR) is 129 cm³/mol. The first-order chi connectivity index (χ1) is 16.7. The largest absolute Gasteiger partial charge is 0.349 e. The summed E-state index contributed by atoms with van der Waals surface area (Å²) in [6.45, 7) is -0.487. The number of carbonyl (C=O) groups is 4. The summed E-state index contributed by atoms with van der Waals surface area (Å²) in [5.74, 6) is -9.74. The maximum absolute atomic E-state index is 14.5. The lowest BCUT2D eigenvalue weighted by Crippen LogP contribution is -2.70. The molecule has 4 amide bonds. The van der Waals surface area contributed by atoms with E-state index in [-0.39, 0.29) is 23.7 Å². The van der Waals surface area contributed by atoms with Crippen molar-refractivity contribution in [3.63, 3.8) is 0 Å². The highest BCUT2D eigenvalue weighted by Gasteiger charge is 2.57. The fraction of sp³-hybridized carbons (Fsp3) is 0.273. The van der Waals surface area contributed by atoms with Crippen LogP contribution in [-0.4, -0.2) is 65.4 Å². The summed E-state index contributed by atoms with van der Waals surface area (Å²) in [5.41, 5.74) is -1.82. The molecule has 2 aliphatic heterocycles. The van der Waals surface area contributed by atoms with Crippen LogP contribution in [-0.2, 0) is 33.4 Å². The molecule has 36 heavy (non-hydrogen) atoms. The first kappa shape index (κ1) is 26.0. The zero-order valence-corrected chi connectivity index (χ0v) is 19.3. The van der Waals surface area contributed by atoms with Gasteiger partial charge < -0.3 is 10.2 Å². The van der Waals surface area contributed by atoms with Crippen molar-refractivity contribution in [2.24, 2.45) is 0 Å². The van der Waals surface area contributed by atoms with Gasteiger partial charge in [-0.15, -0.1) is 0 Å². The molecule has 4 rings (SSSR count). The minimum absolute atomic E-state index is 0.165. The van der Waals surface area contributed by atoms with Gasteiger partial charge in [-0.2, -0.15) is 8.78 Å². The maximum atomic E-state index is 14.5. The van der Waals surface area contributed by atoms with Gasteiger partial charge in [0.2, 0.25) is 11.8 Å². The van der Waals surface area contributed by atoms with Crippen LogP contribution in [0, 0.1) is 0 Å². The number of halogens is 3. The van der Waals surface area contributed by atoms with Crippen LogP contribution >= 0.6 is 11.6 Å². The van der Waals surface area contributed by atoms with Crippen molar-refractivity contribution in [1.82, 2.24) is 15.5 Å². The third-order valence-corrected chi connectivity index (χ3v) is 6.59. The Morgan fingerprint density at radius 2 is 1.75 bits per heavy atom. The quantitative estimate of drug-likeness (QED) is 0.465. The molecule has 174 valence electrons. The number of benzene rings is 2. The molecule has 2 atom stereocenters. The van der Waals surface area contributed by atoms with E-state index < -0.39 is 51.6 Å². The summed E-state index contributed by atoms with van der Waals surface area (Å²) in [4.78, 5) is 50.8. The number of imide groups is 1. The summed E-state index contributed by atoms with van der Waals surface area (Å²) in [6.07, 6.45) is 0. The monoisotopic (exact) mass is 501 g/mol. The number of nitrogens with zero attached hydrogens (tertiary/aromatic N) is 1. The molecule has 1 fully saturated rings. The van der Waals surface area contributed by atoms with Gasteiger partial charge in [-0.3, -0.25) is 24.5 Å². The molecular weight excluding hydrogens is 487 g/mol. The first-order valence-electron chi connectivity index (χ1n) is 10.5. The average molecular weight is 501 g/mol. The molecule has 2 N–H and O–H groups in total. The second-order valence-electron chi connectivity index (χ2n) is 8.67. The van der Waals surface area contributed by atoms with Gasteiger partial charge in [-0.1, -0.05) is 41.7 Å². The Morgan fingerprint density at radius 1 is 1.11 bits per heavy atom. The Morgan fingerprint density at radius 3 is 2.39 bits per heavy atom. The number of amides is 4. The maximum Gasteiger partial charge on any atom is 0.349 e. The molecule has 0 spiro atoms. The molecule has 7 nitrogen and oxygen atoms in total. The average Bonchev–Trinajstić information content (AvgIpc) is 3.16. The summed E-state index contributed by atoms with van der Waals surface area (Å²) in [7, 11) is 23.7. The number of carbonyl (C=O) groups excluding carboxylic acids is 4. The van der Waals surface area contributed by atoms with E-state index in [1.807, 2.05) is 5.32 Å². The van der Waals surface area contributed by atoms with E-state index in [0.29, 0.717) is 11.1 Å². The Hall–Kier alpha value is -3.07. The Balaban J connectivity index is 1.51. The highest BCUT2D eigenvalue weighted by molar-refractivity contribution is 6.58. The number of hydrogen-bond acceptors (Lipinski definition) is 4. The molecule has 0 bridgehead atoms. The van der Waals surface area contributed by atoms with Crippen LogP contribution in [0.5, 0.6) is 0 Å². The molecule has 2 aromatic rings. The molecule has 0 aliphatic carbocycles. The van der Waals surface area contributed by atoms with Crippen LogP contribution in [0.3, 0.4) is 0 Å². The zero-order valence-electron chi connectivity index (χ0n) is 18.6. The summed E-state index contributed by atoms with van der Waals surface area (Å²) >= 11 is 5.71. The number of rotatable bonds is 5. The van der Waals surface area contributed by atoms with Gasteiger partial charge in [0.1, 0.15) is 7.85 Å². The fourth-order valence-electron chi connectivity index (χ4n) is 4.12. The highest BCUT2D eigenvalue weighted by Crippen LogP contribution is 2.46. The van der Waals surface area contributed by atoms with Crippen molar-refractivity contribution in [3.8, 4) is 0 Å². The molecule has 2 aliphatic rings. The molecule has 8 radical (unpaired) electrons. The van der Waals surface area contributed by atoms with E-state index in [0.717, 1.165) is 17.0 Å². The Labute approximate surface area is 215 Å². The number of piperidine rings is 1. The van der Waals surface area contributed by atoms with Gasteiger partial charge in [-0.05, 0) is 34.5 Å². The van der Waals surface area contributed by atoms with Crippen LogP contribution in [0.4, 0.5) is 8.78 Å². The summed E-state index contributed by atoms with van der Waals surface area (Å²) in [6, 6.07) is 8.94. The number of alkyl halides is 2. The summed E-state index contributed by atoms with van der Waals surface area (Å²) < 4.78 is 29.0. The lowest BCUT2D eigenvalue weighted by molar-refractivity contribution is -0.147. The Bertz CT molecular complexity index is 1290. The van der Waals surface area contributed by atoms with Gasteiger partial charge in [-0.25, -0.2) is 0 Å². The molecule has 1 unspecified atom stereocenters. The Kier molecular flexibility index (Phi) is 6.35. The third kappa shape index (κ3) is 4.03. The highest BCUT2D eigenvalue weighted by atomic mass is 35.5. The molecule has 0 aromatic heterocycles. The molecule has 2 heterocycles. The van der Waals surface area contributed by atoms with Crippen molar-refractivity contribution < 1.29 is 28.0 Å². The van der Waals surface area contributed by atoms with E-state index in [9.17, 15) is 28.0 Å². The third-order valence-electron chi connectivity index (χ3n) is 6.34. The first-order valence-corrected chi connectivity index (χ1v) is 10.9. The predicted octanol–water partition coefficient (Wildman–Crippen LogP) is 0.635.